The van der Waals surface area contributed by atoms with Crippen molar-refractivity contribution in [1.82, 2.24) is 0 Å². The molecule has 132 valence electrons. The molecular weight excluding hydrogens is 344 g/mol. The van der Waals surface area contributed by atoms with Crippen molar-refractivity contribution in [1.29, 1.82) is 0 Å². The molecule has 0 amide bonds. The first-order chi connectivity index (χ1) is 12.2. The first-order valence-electron chi connectivity index (χ1n) is 7.11. The number of carbonyl (C=O) groups is 4. The summed E-state index contributed by atoms with van der Waals surface area (Å²) in [5.41, 5.74) is -3.15. The van der Waals surface area contributed by atoms with E-state index in [4.69, 9.17) is 0 Å². The number of aromatic carboxylic acids is 4. The van der Waals surface area contributed by atoms with Gasteiger partial charge in [-0.25, -0.2) is 19.2 Å². The van der Waals surface area contributed by atoms with E-state index in [-0.39, 0.29) is 0 Å². The number of hydrogen-bond acceptors (Lipinski definition) is 4. The summed E-state index contributed by atoms with van der Waals surface area (Å²) in [4.78, 5) is 45.9. The molecule has 0 spiro atoms. The molecule has 4 N–H and O–H groups in total. The van der Waals surface area contributed by atoms with Crippen molar-refractivity contribution in [3.05, 3.63) is 69.8 Å². The summed E-state index contributed by atoms with van der Waals surface area (Å²) in [6, 6.07) is 8.94. The molecule has 0 saturated carbocycles. The van der Waals surface area contributed by atoms with Gasteiger partial charge in [-0.15, -0.1) is 0 Å². The lowest BCUT2D eigenvalue weighted by Crippen LogP contribution is -2.18. The molecule has 8 heteroatoms. The molecule has 0 aromatic heterocycles. The van der Waals surface area contributed by atoms with Crippen molar-refractivity contribution >= 4 is 36.0 Å². The Balaban J connectivity index is 2.90. The number of benzene rings is 2. The zero-order chi connectivity index (χ0) is 19.4. The van der Waals surface area contributed by atoms with Gasteiger partial charge < -0.3 is 20.4 Å². The first kappa shape index (κ1) is 18.4. The van der Waals surface area contributed by atoms with Crippen LogP contribution in [0.1, 0.15) is 52.6 Å². The van der Waals surface area contributed by atoms with Crippen LogP contribution < -0.4 is 0 Å². The smallest absolute Gasteiger partial charge is 0.337 e. The van der Waals surface area contributed by atoms with Crippen LogP contribution in [0.15, 0.2) is 36.4 Å². The van der Waals surface area contributed by atoms with Crippen LogP contribution in [0.5, 0.6) is 0 Å². The largest absolute Gasteiger partial charge is 0.478 e. The van der Waals surface area contributed by atoms with E-state index in [0.717, 1.165) is 6.08 Å². The van der Waals surface area contributed by atoms with Crippen LogP contribution in [-0.2, 0) is 0 Å². The molecule has 0 saturated heterocycles. The third-order valence-corrected chi connectivity index (χ3v) is 3.50. The second kappa shape index (κ2) is 7.31. The molecule has 2 aromatic carbocycles. The quantitative estimate of drug-likeness (QED) is 0.577. The van der Waals surface area contributed by atoms with Crippen LogP contribution in [0.3, 0.4) is 0 Å². The molecule has 0 aliphatic heterocycles. The van der Waals surface area contributed by atoms with Gasteiger partial charge >= 0.3 is 23.9 Å². The van der Waals surface area contributed by atoms with E-state index in [1.165, 1.54) is 6.08 Å². The van der Waals surface area contributed by atoms with Crippen molar-refractivity contribution in [2.75, 3.05) is 0 Å². The summed E-state index contributed by atoms with van der Waals surface area (Å²) >= 11 is 0. The number of hydrogen-bond donors (Lipinski definition) is 4. The fourth-order valence-electron chi connectivity index (χ4n) is 2.41. The van der Waals surface area contributed by atoms with Crippen LogP contribution in [0.2, 0.25) is 0 Å². The van der Waals surface area contributed by atoms with Crippen molar-refractivity contribution < 1.29 is 39.6 Å². The highest BCUT2D eigenvalue weighted by molar-refractivity contribution is 6.13. The van der Waals surface area contributed by atoms with E-state index in [1.54, 1.807) is 30.3 Å². The van der Waals surface area contributed by atoms with E-state index < -0.39 is 51.7 Å². The topological polar surface area (TPSA) is 149 Å². The van der Waals surface area contributed by atoms with E-state index >= 15 is 0 Å². The first-order valence-corrected chi connectivity index (χ1v) is 7.11. The monoisotopic (exact) mass is 356 g/mol. The van der Waals surface area contributed by atoms with Crippen LogP contribution in [0.4, 0.5) is 0 Å². The summed E-state index contributed by atoms with van der Waals surface area (Å²) in [6.07, 6.45) is 2.45. The predicted molar refractivity (Wildman–Crippen MR) is 89.6 cm³/mol. The third kappa shape index (κ3) is 3.59. The zero-order valence-corrected chi connectivity index (χ0v) is 13.0. The Labute approximate surface area is 146 Å². The van der Waals surface area contributed by atoms with Gasteiger partial charge in [-0.3, -0.25) is 0 Å². The molecule has 2 aromatic rings. The minimum absolute atomic E-state index is 0.508. The average Bonchev–Trinajstić information content (AvgIpc) is 2.58. The number of rotatable bonds is 6. The van der Waals surface area contributed by atoms with Crippen LogP contribution in [0, 0.1) is 0 Å². The fourth-order valence-corrected chi connectivity index (χ4v) is 2.41. The Morgan fingerprint density at radius 1 is 0.654 bits per heavy atom. The normalized spacial score (nSPS) is 10.6. The molecule has 0 unspecified atom stereocenters. The van der Waals surface area contributed by atoms with E-state index in [1.807, 2.05) is 0 Å². The molecule has 26 heavy (non-hydrogen) atoms. The van der Waals surface area contributed by atoms with E-state index in [9.17, 15) is 39.6 Å². The minimum Gasteiger partial charge on any atom is -0.478 e. The van der Waals surface area contributed by atoms with Crippen molar-refractivity contribution in [2.45, 2.75) is 0 Å². The maximum absolute atomic E-state index is 11.6. The van der Waals surface area contributed by atoms with Gasteiger partial charge in [-0.1, -0.05) is 42.5 Å². The van der Waals surface area contributed by atoms with Gasteiger partial charge in [0, 0.05) is 5.56 Å². The van der Waals surface area contributed by atoms with Crippen LogP contribution in [0.25, 0.3) is 12.2 Å². The maximum Gasteiger partial charge on any atom is 0.337 e. The zero-order valence-electron chi connectivity index (χ0n) is 13.0. The standard InChI is InChI=1S/C18H12O8/c19-15(20)11-8-12(16(21)22)14(18(25)26)10(13(11)17(23)24)7-6-9-4-2-1-3-5-9/h1-8H,(H,19,20)(H,21,22)(H,23,24)(H,25,26)/b7-6-. The van der Waals surface area contributed by atoms with Gasteiger partial charge in [0.05, 0.1) is 22.3 Å². The second-order valence-corrected chi connectivity index (χ2v) is 5.10. The second-order valence-electron chi connectivity index (χ2n) is 5.10. The Morgan fingerprint density at radius 2 is 1.12 bits per heavy atom. The summed E-state index contributed by atoms with van der Waals surface area (Å²) in [6.45, 7) is 0. The maximum atomic E-state index is 11.6. The third-order valence-electron chi connectivity index (χ3n) is 3.50. The van der Waals surface area contributed by atoms with Crippen molar-refractivity contribution in [2.24, 2.45) is 0 Å². The van der Waals surface area contributed by atoms with Gasteiger partial charge in [0.1, 0.15) is 0 Å². The van der Waals surface area contributed by atoms with Gasteiger partial charge in [-0.2, -0.15) is 0 Å². The highest BCUT2D eigenvalue weighted by atomic mass is 16.4. The molecule has 0 fully saturated rings. The summed E-state index contributed by atoms with van der Waals surface area (Å²) in [5.74, 6) is -6.74. The molecule has 0 aliphatic carbocycles. The van der Waals surface area contributed by atoms with Crippen molar-refractivity contribution in [3.63, 3.8) is 0 Å². The summed E-state index contributed by atoms with van der Waals surface area (Å²) in [7, 11) is 0. The summed E-state index contributed by atoms with van der Waals surface area (Å²) in [5, 5.41) is 37.2. The Bertz CT molecular complexity index is 891. The van der Waals surface area contributed by atoms with E-state index in [0.29, 0.717) is 11.6 Å². The molecule has 0 atom stereocenters. The Kier molecular flexibility index (Phi) is 5.17. The minimum atomic E-state index is -1.69. The molecule has 0 radical (unpaired) electrons. The van der Waals surface area contributed by atoms with Crippen LogP contribution >= 0.6 is 0 Å². The molecule has 0 bridgehead atoms. The Morgan fingerprint density at radius 3 is 1.50 bits per heavy atom. The molecule has 8 nitrogen and oxygen atoms in total. The predicted octanol–water partition coefficient (Wildman–Crippen LogP) is 2.65. The average molecular weight is 356 g/mol. The van der Waals surface area contributed by atoms with Crippen molar-refractivity contribution in [3.8, 4) is 0 Å². The van der Waals surface area contributed by atoms with E-state index in [2.05, 4.69) is 0 Å². The van der Waals surface area contributed by atoms with Gasteiger partial charge in [-0.05, 0) is 11.6 Å². The van der Waals surface area contributed by atoms with Gasteiger partial charge in [0.2, 0.25) is 0 Å². The van der Waals surface area contributed by atoms with Gasteiger partial charge in [0.25, 0.3) is 0 Å². The molecule has 0 heterocycles. The van der Waals surface area contributed by atoms with Gasteiger partial charge in [0.15, 0.2) is 0 Å². The fraction of sp³-hybridized carbons (Fsp3) is 0. The molecule has 0 aliphatic rings. The SMILES string of the molecule is O=C(O)c1cc(C(=O)O)c(C(=O)O)c(/C=C\c2ccccc2)c1C(=O)O. The lowest BCUT2D eigenvalue weighted by Gasteiger charge is -2.12. The lowest BCUT2D eigenvalue weighted by molar-refractivity contribution is 0.0636. The van der Waals surface area contributed by atoms with Crippen LogP contribution in [-0.4, -0.2) is 44.3 Å². The molecule has 2 rings (SSSR count). The summed E-state index contributed by atoms with van der Waals surface area (Å²) < 4.78 is 0. The number of carboxylic acid groups (broad SMARTS) is 4. The number of carboxylic acids is 4. The highest BCUT2D eigenvalue weighted by Gasteiger charge is 2.29. The molecular formula is C18H12O8. The lowest BCUT2D eigenvalue weighted by atomic mass is 9.90. The Hall–Kier alpha value is -3.94. The highest BCUT2D eigenvalue weighted by Crippen LogP contribution is 2.27.